The second-order valence-electron chi connectivity index (χ2n) is 7.39. The lowest BCUT2D eigenvalue weighted by atomic mass is 10.1. The average molecular weight is 431 g/mol. The normalized spacial score (nSPS) is 12.7. The predicted octanol–water partition coefficient (Wildman–Crippen LogP) is 4.61. The Morgan fingerprint density at radius 1 is 1.07 bits per heavy atom. The maximum Gasteiger partial charge on any atom is 0.261 e. The third-order valence-electron chi connectivity index (χ3n) is 5.16. The third-order valence-corrected chi connectivity index (χ3v) is 5.53. The molecule has 162 valence electrons. The molecule has 0 aliphatic rings. The number of hydrogen-bond acceptors (Lipinski definition) is 3. The second kappa shape index (κ2) is 11.6. The van der Waals surface area contributed by atoms with Crippen LogP contribution in [-0.2, 0) is 22.6 Å². The van der Waals surface area contributed by atoms with Crippen LogP contribution in [0.4, 0.5) is 0 Å². The van der Waals surface area contributed by atoms with Gasteiger partial charge in [0, 0.05) is 17.6 Å². The fourth-order valence-electron chi connectivity index (χ4n) is 2.91. The summed E-state index contributed by atoms with van der Waals surface area (Å²) in [4.78, 5) is 27.2. The molecule has 0 fully saturated rings. The van der Waals surface area contributed by atoms with Crippen LogP contribution in [0.3, 0.4) is 0 Å². The Hall–Kier alpha value is -2.53. The van der Waals surface area contributed by atoms with Gasteiger partial charge >= 0.3 is 0 Å². The van der Waals surface area contributed by atoms with E-state index in [1.54, 1.807) is 13.0 Å². The van der Waals surface area contributed by atoms with E-state index in [0.717, 1.165) is 18.4 Å². The van der Waals surface area contributed by atoms with Gasteiger partial charge in [0.2, 0.25) is 5.91 Å². The highest BCUT2D eigenvalue weighted by Crippen LogP contribution is 2.19. The number of nitrogens with zero attached hydrogens (tertiary/aromatic N) is 1. The summed E-state index contributed by atoms with van der Waals surface area (Å²) in [6.45, 7) is 7.82. The number of halogens is 1. The molecular weight excluding hydrogens is 400 g/mol. The molecule has 0 aliphatic carbocycles. The molecule has 0 saturated heterocycles. The van der Waals surface area contributed by atoms with Gasteiger partial charge in [-0.05, 0) is 56.0 Å². The smallest absolute Gasteiger partial charge is 0.261 e. The van der Waals surface area contributed by atoms with Gasteiger partial charge in [-0.1, -0.05) is 55.8 Å². The summed E-state index contributed by atoms with van der Waals surface area (Å²) in [6.07, 6.45) is 1.75. The van der Waals surface area contributed by atoms with E-state index >= 15 is 0 Å². The summed E-state index contributed by atoms with van der Waals surface area (Å²) < 4.78 is 5.69. The van der Waals surface area contributed by atoms with Gasteiger partial charge in [0.05, 0.1) is 0 Å². The molecule has 30 heavy (non-hydrogen) atoms. The topological polar surface area (TPSA) is 58.6 Å². The molecule has 6 heteroatoms. The van der Waals surface area contributed by atoms with Gasteiger partial charge in [0.1, 0.15) is 11.8 Å². The van der Waals surface area contributed by atoms with E-state index in [2.05, 4.69) is 12.2 Å². The van der Waals surface area contributed by atoms with Crippen molar-refractivity contribution in [2.45, 2.75) is 59.2 Å². The molecule has 0 aromatic heterocycles. The number of aryl methyl sites for hydroxylation is 1. The van der Waals surface area contributed by atoms with Gasteiger partial charge < -0.3 is 15.0 Å². The minimum absolute atomic E-state index is 0.0329. The maximum absolute atomic E-state index is 13.0. The summed E-state index contributed by atoms with van der Waals surface area (Å²) in [6, 6.07) is 14.3. The van der Waals surface area contributed by atoms with Crippen LogP contribution in [0, 0.1) is 0 Å². The second-order valence-corrected chi connectivity index (χ2v) is 7.80. The lowest BCUT2D eigenvalue weighted by Crippen LogP contribution is -2.50. The zero-order chi connectivity index (χ0) is 22.1. The SMILES string of the molecule is CCc1ccc(OCC(=O)N(Cc2ccccc2Cl)[C@H](C)C(=O)N[C@H](C)CC)cc1. The molecule has 0 unspecified atom stereocenters. The zero-order valence-electron chi connectivity index (χ0n) is 18.2. The minimum atomic E-state index is -0.658. The van der Waals surface area contributed by atoms with Crippen LogP contribution in [0.15, 0.2) is 48.5 Å². The molecule has 2 aromatic carbocycles. The molecule has 1 N–H and O–H groups in total. The van der Waals surface area contributed by atoms with Crippen molar-refractivity contribution in [3.05, 3.63) is 64.7 Å². The molecule has 0 spiro atoms. The van der Waals surface area contributed by atoms with Crippen LogP contribution in [0.25, 0.3) is 0 Å². The molecule has 5 nitrogen and oxygen atoms in total. The molecule has 2 amide bonds. The quantitative estimate of drug-likeness (QED) is 0.598. The van der Waals surface area contributed by atoms with E-state index in [1.807, 2.05) is 56.3 Å². The molecule has 0 heterocycles. The van der Waals surface area contributed by atoms with Crippen LogP contribution < -0.4 is 10.1 Å². The number of carbonyl (C=O) groups excluding carboxylic acids is 2. The molecule has 0 radical (unpaired) electrons. The summed E-state index contributed by atoms with van der Waals surface area (Å²) in [7, 11) is 0. The van der Waals surface area contributed by atoms with Gasteiger partial charge in [0.15, 0.2) is 6.61 Å². The van der Waals surface area contributed by atoms with Gasteiger partial charge in [-0.25, -0.2) is 0 Å². The average Bonchev–Trinajstić information content (AvgIpc) is 2.76. The molecule has 0 bridgehead atoms. The zero-order valence-corrected chi connectivity index (χ0v) is 18.9. The number of rotatable bonds is 10. The van der Waals surface area contributed by atoms with Gasteiger partial charge in [-0.3, -0.25) is 9.59 Å². The number of hydrogen-bond donors (Lipinski definition) is 1. The highest BCUT2D eigenvalue weighted by Gasteiger charge is 2.27. The van der Waals surface area contributed by atoms with Crippen LogP contribution in [-0.4, -0.2) is 35.4 Å². The first-order valence-corrected chi connectivity index (χ1v) is 10.8. The Morgan fingerprint density at radius 2 is 1.73 bits per heavy atom. The van der Waals surface area contributed by atoms with E-state index in [1.165, 1.54) is 10.5 Å². The Bertz CT molecular complexity index is 839. The van der Waals surface area contributed by atoms with Gasteiger partial charge in [-0.15, -0.1) is 0 Å². The Morgan fingerprint density at radius 3 is 2.33 bits per heavy atom. The van der Waals surface area contributed by atoms with E-state index < -0.39 is 6.04 Å². The van der Waals surface area contributed by atoms with Crippen molar-refractivity contribution in [2.75, 3.05) is 6.61 Å². The van der Waals surface area contributed by atoms with Crippen LogP contribution in [0.5, 0.6) is 5.75 Å². The van der Waals surface area contributed by atoms with Crippen LogP contribution in [0.1, 0.15) is 45.2 Å². The largest absolute Gasteiger partial charge is 0.484 e. The van der Waals surface area contributed by atoms with Crippen molar-refractivity contribution < 1.29 is 14.3 Å². The van der Waals surface area contributed by atoms with Crippen molar-refractivity contribution in [1.29, 1.82) is 0 Å². The summed E-state index contributed by atoms with van der Waals surface area (Å²) >= 11 is 6.30. The number of benzene rings is 2. The van der Waals surface area contributed by atoms with Gasteiger partial charge in [0.25, 0.3) is 5.91 Å². The number of nitrogens with one attached hydrogen (secondary N) is 1. The van der Waals surface area contributed by atoms with Crippen LogP contribution >= 0.6 is 11.6 Å². The Labute approximate surface area is 184 Å². The highest BCUT2D eigenvalue weighted by molar-refractivity contribution is 6.31. The van der Waals surface area contributed by atoms with Crippen LogP contribution in [0.2, 0.25) is 5.02 Å². The fraction of sp³-hybridized carbons (Fsp3) is 0.417. The standard InChI is InChI=1S/C24H31ClN2O3/c1-5-17(3)26-24(29)18(4)27(15-20-9-7-8-10-22(20)25)23(28)16-30-21-13-11-19(6-2)12-14-21/h7-14,17-18H,5-6,15-16H2,1-4H3,(H,26,29)/t17-,18-/m1/s1. The first kappa shape index (κ1) is 23.7. The Kier molecular flexibility index (Phi) is 9.18. The van der Waals surface area contributed by atoms with E-state index in [-0.39, 0.29) is 31.0 Å². The van der Waals surface area contributed by atoms with Gasteiger partial charge in [-0.2, -0.15) is 0 Å². The van der Waals surface area contributed by atoms with E-state index in [0.29, 0.717) is 10.8 Å². The lowest BCUT2D eigenvalue weighted by molar-refractivity contribution is -0.142. The number of ether oxygens (including phenoxy) is 1. The fourth-order valence-corrected chi connectivity index (χ4v) is 3.10. The Balaban J connectivity index is 2.14. The van der Waals surface area contributed by atoms with E-state index in [4.69, 9.17) is 16.3 Å². The molecule has 2 atom stereocenters. The lowest BCUT2D eigenvalue weighted by Gasteiger charge is -2.30. The summed E-state index contributed by atoms with van der Waals surface area (Å²) in [5, 5.41) is 3.50. The first-order chi connectivity index (χ1) is 14.3. The number of amides is 2. The molecule has 2 aromatic rings. The molecule has 2 rings (SSSR count). The van der Waals surface area contributed by atoms with Crippen molar-refractivity contribution in [3.63, 3.8) is 0 Å². The molecule has 0 saturated carbocycles. The van der Waals surface area contributed by atoms with Crippen molar-refractivity contribution in [2.24, 2.45) is 0 Å². The highest BCUT2D eigenvalue weighted by atomic mass is 35.5. The summed E-state index contributed by atoms with van der Waals surface area (Å²) in [5.74, 6) is 0.147. The minimum Gasteiger partial charge on any atom is -0.484 e. The molecule has 0 aliphatic heterocycles. The molecular formula is C24H31ClN2O3. The summed E-state index contributed by atoms with van der Waals surface area (Å²) in [5.41, 5.74) is 1.98. The van der Waals surface area contributed by atoms with E-state index in [9.17, 15) is 9.59 Å². The third kappa shape index (κ3) is 6.77. The van der Waals surface area contributed by atoms with Crippen molar-refractivity contribution >= 4 is 23.4 Å². The monoisotopic (exact) mass is 430 g/mol. The first-order valence-electron chi connectivity index (χ1n) is 10.4. The van der Waals surface area contributed by atoms with Crippen molar-refractivity contribution in [3.8, 4) is 5.75 Å². The van der Waals surface area contributed by atoms with Crippen molar-refractivity contribution in [1.82, 2.24) is 10.2 Å². The number of carbonyl (C=O) groups is 2. The predicted molar refractivity (Wildman–Crippen MR) is 121 cm³/mol. The maximum atomic E-state index is 13.0.